The van der Waals surface area contributed by atoms with Crippen LogP contribution in [-0.4, -0.2) is 46.9 Å². The summed E-state index contributed by atoms with van der Waals surface area (Å²) in [5.74, 6) is -1.04. The lowest BCUT2D eigenvalue weighted by Gasteiger charge is -2.18. The Bertz CT molecular complexity index is 1100. The number of benzene rings is 1. The lowest BCUT2D eigenvalue weighted by molar-refractivity contribution is -0.119. The molecule has 3 aromatic rings. The van der Waals surface area contributed by atoms with Gasteiger partial charge in [0.15, 0.2) is 6.61 Å². The van der Waals surface area contributed by atoms with Crippen LogP contribution in [0.2, 0.25) is 0 Å². The van der Waals surface area contributed by atoms with Crippen LogP contribution in [0.4, 0.5) is 5.69 Å². The molecule has 168 valence electrons. The average molecular weight is 454 g/mol. The van der Waals surface area contributed by atoms with Crippen LogP contribution < -0.4 is 5.32 Å². The van der Waals surface area contributed by atoms with E-state index in [1.54, 1.807) is 29.2 Å². The van der Waals surface area contributed by atoms with Crippen LogP contribution in [0.3, 0.4) is 0 Å². The monoisotopic (exact) mass is 453 g/mol. The number of carbonyl (C=O) groups excluding carboxylic acids is 3. The first-order valence-electron chi connectivity index (χ1n) is 10.4. The second kappa shape index (κ2) is 10.3. The summed E-state index contributed by atoms with van der Waals surface area (Å²) < 4.78 is 7.16. The maximum Gasteiger partial charge on any atom is 0.341 e. The Labute approximate surface area is 191 Å². The molecule has 8 heteroatoms. The standard InChI is InChI=1S/C24H27N3O4S/c1-5-26(6-2)22(29)18-9-11-19(12-10-18)25-20(28)15-31-24(30)21-16(3)17(4)32-23(21)27-13-7-8-14-27/h7-14H,5-6,15H2,1-4H3,(H,25,28). The van der Waals surface area contributed by atoms with Crippen molar-refractivity contribution in [3.63, 3.8) is 0 Å². The van der Waals surface area contributed by atoms with Crippen molar-refractivity contribution in [1.29, 1.82) is 0 Å². The molecular weight excluding hydrogens is 426 g/mol. The van der Waals surface area contributed by atoms with E-state index in [4.69, 9.17) is 4.74 Å². The summed E-state index contributed by atoms with van der Waals surface area (Å²) in [6.45, 7) is 8.54. The number of nitrogens with zero attached hydrogens (tertiary/aromatic N) is 2. The number of rotatable bonds is 8. The van der Waals surface area contributed by atoms with Gasteiger partial charge >= 0.3 is 5.97 Å². The molecule has 0 saturated carbocycles. The molecule has 0 radical (unpaired) electrons. The first kappa shape index (κ1) is 23.3. The van der Waals surface area contributed by atoms with Crippen molar-refractivity contribution in [2.24, 2.45) is 0 Å². The van der Waals surface area contributed by atoms with E-state index in [1.165, 1.54) is 11.3 Å². The zero-order chi connectivity index (χ0) is 23.3. The smallest absolute Gasteiger partial charge is 0.341 e. The van der Waals surface area contributed by atoms with Gasteiger partial charge in [0.05, 0.1) is 5.56 Å². The molecule has 0 aliphatic carbocycles. The number of aromatic nitrogens is 1. The fourth-order valence-electron chi connectivity index (χ4n) is 3.29. The van der Waals surface area contributed by atoms with E-state index >= 15 is 0 Å². The number of carbonyl (C=O) groups is 3. The zero-order valence-electron chi connectivity index (χ0n) is 18.7. The highest BCUT2D eigenvalue weighted by molar-refractivity contribution is 7.15. The third-order valence-electron chi connectivity index (χ3n) is 5.21. The average Bonchev–Trinajstić information content (AvgIpc) is 3.42. The number of ether oxygens (including phenoxy) is 1. The van der Waals surface area contributed by atoms with Crippen molar-refractivity contribution >= 4 is 34.8 Å². The van der Waals surface area contributed by atoms with E-state index < -0.39 is 18.5 Å². The zero-order valence-corrected chi connectivity index (χ0v) is 19.5. The molecule has 3 rings (SSSR count). The first-order valence-corrected chi connectivity index (χ1v) is 11.3. The Morgan fingerprint density at radius 3 is 2.25 bits per heavy atom. The van der Waals surface area contributed by atoms with Crippen molar-refractivity contribution in [2.75, 3.05) is 25.0 Å². The molecule has 0 aliphatic rings. The number of aryl methyl sites for hydroxylation is 1. The van der Waals surface area contributed by atoms with Crippen molar-refractivity contribution in [3.8, 4) is 5.00 Å². The molecule has 0 spiro atoms. The van der Waals surface area contributed by atoms with Crippen molar-refractivity contribution in [3.05, 3.63) is 70.4 Å². The highest BCUT2D eigenvalue weighted by Crippen LogP contribution is 2.31. The van der Waals surface area contributed by atoms with Crippen LogP contribution in [0.1, 0.15) is 45.0 Å². The number of hydrogen-bond donors (Lipinski definition) is 1. The predicted octanol–water partition coefficient (Wildman–Crippen LogP) is 4.43. The third kappa shape index (κ3) is 5.08. The van der Waals surface area contributed by atoms with Crippen LogP contribution in [0.15, 0.2) is 48.8 Å². The summed E-state index contributed by atoms with van der Waals surface area (Å²) in [6, 6.07) is 10.4. The van der Waals surface area contributed by atoms with E-state index in [0.29, 0.717) is 29.9 Å². The van der Waals surface area contributed by atoms with Gasteiger partial charge < -0.3 is 19.5 Å². The molecule has 2 amide bonds. The van der Waals surface area contributed by atoms with Crippen molar-refractivity contribution < 1.29 is 19.1 Å². The topological polar surface area (TPSA) is 80.6 Å². The van der Waals surface area contributed by atoms with Gasteiger partial charge in [-0.3, -0.25) is 9.59 Å². The largest absolute Gasteiger partial charge is 0.452 e. The molecule has 0 unspecified atom stereocenters. The minimum atomic E-state index is -0.536. The molecular formula is C24H27N3O4S. The second-order valence-electron chi connectivity index (χ2n) is 7.23. The molecule has 0 saturated heterocycles. The van der Waals surface area contributed by atoms with Gasteiger partial charge in [-0.2, -0.15) is 0 Å². The van der Waals surface area contributed by atoms with Gasteiger partial charge in [0.25, 0.3) is 11.8 Å². The lowest BCUT2D eigenvalue weighted by Crippen LogP contribution is -2.30. The highest BCUT2D eigenvalue weighted by Gasteiger charge is 2.22. The van der Waals surface area contributed by atoms with Gasteiger partial charge in [-0.1, -0.05) is 0 Å². The van der Waals surface area contributed by atoms with Gasteiger partial charge in [0, 0.05) is 41.6 Å². The van der Waals surface area contributed by atoms with Crippen LogP contribution in [0, 0.1) is 13.8 Å². The summed E-state index contributed by atoms with van der Waals surface area (Å²) in [7, 11) is 0. The molecule has 0 aliphatic heterocycles. The predicted molar refractivity (Wildman–Crippen MR) is 126 cm³/mol. The Kier molecular flexibility index (Phi) is 7.48. The molecule has 32 heavy (non-hydrogen) atoms. The van der Waals surface area contributed by atoms with Crippen LogP contribution in [0.5, 0.6) is 0 Å². The summed E-state index contributed by atoms with van der Waals surface area (Å²) in [5.41, 5.74) is 2.39. The van der Waals surface area contributed by atoms with Gasteiger partial charge in [0.2, 0.25) is 0 Å². The number of thiophene rings is 1. The van der Waals surface area contributed by atoms with Gasteiger partial charge in [-0.25, -0.2) is 4.79 Å². The molecule has 7 nitrogen and oxygen atoms in total. The van der Waals surface area contributed by atoms with Crippen LogP contribution >= 0.6 is 11.3 Å². The summed E-state index contributed by atoms with van der Waals surface area (Å²) in [5, 5.41) is 3.46. The minimum Gasteiger partial charge on any atom is -0.452 e. The van der Waals surface area contributed by atoms with Crippen molar-refractivity contribution in [2.45, 2.75) is 27.7 Å². The van der Waals surface area contributed by atoms with Crippen LogP contribution in [-0.2, 0) is 9.53 Å². The number of hydrogen-bond acceptors (Lipinski definition) is 5. The first-order chi connectivity index (χ1) is 15.3. The Morgan fingerprint density at radius 1 is 1.03 bits per heavy atom. The Hall–Kier alpha value is -3.39. The normalized spacial score (nSPS) is 10.6. The summed E-state index contributed by atoms with van der Waals surface area (Å²) >= 11 is 1.50. The SMILES string of the molecule is CCN(CC)C(=O)c1ccc(NC(=O)COC(=O)c2c(-n3cccc3)sc(C)c2C)cc1. The summed E-state index contributed by atoms with van der Waals surface area (Å²) in [6.07, 6.45) is 3.73. The van der Waals surface area contributed by atoms with E-state index in [2.05, 4.69) is 5.32 Å². The molecule has 0 bridgehead atoms. The van der Waals surface area contributed by atoms with Crippen LogP contribution in [0.25, 0.3) is 5.00 Å². The third-order valence-corrected chi connectivity index (χ3v) is 6.43. The van der Waals surface area contributed by atoms with Gasteiger partial charge in [-0.15, -0.1) is 11.3 Å². The number of anilines is 1. The quantitative estimate of drug-likeness (QED) is 0.512. The number of esters is 1. The Balaban J connectivity index is 1.61. The number of amides is 2. The molecule has 1 aromatic carbocycles. The molecule has 1 N–H and O–H groups in total. The second-order valence-corrected chi connectivity index (χ2v) is 8.44. The molecule has 2 aromatic heterocycles. The summed E-state index contributed by atoms with van der Waals surface area (Å²) in [4.78, 5) is 40.2. The van der Waals surface area contributed by atoms with Crippen molar-refractivity contribution in [1.82, 2.24) is 9.47 Å². The van der Waals surface area contributed by atoms with E-state index in [1.807, 2.05) is 56.8 Å². The molecule has 0 atom stereocenters. The molecule has 0 fully saturated rings. The van der Waals surface area contributed by atoms with E-state index in [0.717, 1.165) is 15.4 Å². The van der Waals surface area contributed by atoms with E-state index in [9.17, 15) is 14.4 Å². The minimum absolute atomic E-state index is 0.0540. The Morgan fingerprint density at radius 2 is 1.66 bits per heavy atom. The fraction of sp³-hybridized carbons (Fsp3) is 0.292. The fourth-order valence-corrected chi connectivity index (χ4v) is 4.40. The van der Waals surface area contributed by atoms with E-state index in [-0.39, 0.29) is 5.91 Å². The highest BCUT2D eigenvalue weighted by atomic mass is 32.1. The van der Waals surface area contributed by atoms with Gasteiger partial charge in [-0.05, 0) is 69.7 Å². The maximum atomic E-state index is 12.7. The van der Waals surface area contributed by atoms with Gasteiger partial charge in [0.1, 0.15) is 5.00 Å². The number of nitrogens with one attached hydrogen (secondary N) is 1. The lowest BCUT2D eigenvalue weighted by atomic mass is 10.1. The molecule has 2 heterocycles. The maximum absolute atomic E-state index is 12.7.